The van der Waals surface area contributed by atoms with Crippen LogP contribution in [-0.2, 0) is 0 Å². The highest BCUT2D eigenvalue weighted by atomic mass is 19.2. The predicted octanol–water partition coefficient (Wildman–Crippen LogP) is 1.50. The van der Waals surface area contributed by atoms with Crippen LogP contribution in [0.25, 0.3) is 0 Å². The van der Waals surface area contributed by atoms with E-state index in [0.717, 1.165) is 12.1 Å². The van der Waals surface area contributed by atoms with Gasteiger partial charge in [0.15, 0.2) is 17.3 Å². The minimum absolute atomic E-state index is 0.0659. The van der Waals surface area contributed by atoms with Crippen molar-refractivity contribution in [3.05, 3.63) is 29.3 Å². The average molecular weight is 215 g/mol. The molecule has 0 saturated heterocycles. The van der Waals surface area contributed by atoms with E-state index >= 15 is 0 Å². The molecule has 1 rings (SSSR count). The van der Waals surface area contributed by atoms with Crippen LogP contribution in [-0.4, -0.2) is 19.4 Å². The lowest BCUT2D eigenvalue weighted by atomic mass is 10.1. The van der Waals surface area contributed by atoms with E-state index in [4.69, 9.17) is 5.73 Å². The molecule has 82 valence electrons. The highest BCUT2D eigenvalue weighted by Crippen LogP contribution is 2.22. The first-order valence-electron chi connectivity index (χ1n) is 4.36. The van der Waals surface area contributed by atoms with Gasteiger partial charge in [0.1, 0.15) is 0 Å². The summed E-state index contributed by atoms with van der Waals surface area (Å²) in [5.74, 6) is -2.82. The molecule has 2 N–H and O–H groups in total. The van der Waals surface area contributed by atoms with Gasteiger partial charge in [-0.3, -0.25) is 4.79 Å². The van der Waals surface area contributed by atoms with E-state index in [1.807, 2.05) is 0 Å². The van der Waals surface area contributed by atoms with Crippen molar-refractivity contribution in [1.29, 1.82) is 0 Å². The van der Waals surface area contributed by atoms with E-state index in [-0.39, 0.29) is 30.1 Å². The Hall–Kier alpha value is -1.49. The van der Waals surface area contributed by atoms with E-state index in [1.165, 1.54) is 7.11 Å². The standard InChI is InChI=1S/C10H11F2NO2/c1-15-9-5-6(8(14)2-3-13)4-7(11)10(9)12/h4-5H,2-3,13H2,1H3. The molecule has 1 aromatic carbocycles. The lowest BCUT2D eigenvalue weighted by molar-refractivity contribution is 0.0984. The Balaban J connectivity index is 3.10. The quantitative estimate of drug-likeness (QED) is 0.774. The van der Waals surface area contributed by atoms with Crippen LogP contribution < -0.4 is 10.5 Å². The molecule has 0 fully saturated rings. The Labute approximate surface area is 85.8 Å². The highest BCUT2D eigenvalue weighted by molar-refractivity contribution is 5.96. The fourth-order valence-electron chi connectivity index (χ4n) is 1.15. The topological polar surface area (TPSA) is 52.3 Å². The van der Waals surface area contributed by atoms with Crippen LogP contribution >= 0.6 is 0 Å². The maximum absolute atomic E-state index is 13.0. The molecule has 0 heterocycles. The van der Waals surface area contributed by atoms with Gasteiger partial charge in [-0.05, 0) is 18.7 Å². The molecule has 0 amide bonds. The molecule has 1 aromatic rings. The lowest BCUT2D eigenvalue weighted by Crippen LogP contribution is -2.09. The third-order valence-corrected chi connectivity index (χ3v) is 1.91. The average Bonchev–Trinajstić information content (AvgIpc) is 2.22. The van der Waals surface area contributed by atoms with Gasteiger partial charge in [-0.2, -0.15) is 4.39 Å². The molecule has 0 bridgehead atoms. The van der Waals surface area contributed by atoms with Crippen molar-refractivity contribution in [2.75, 3.05) is 13.7 Å². The maximum Gasteiger partial charge on any atom is 0.200 e. The van der Waals surface area contributed by atoms with E-state index in [2.05, 4.69) is 4.74 Å². The van der Waals surface area contributed by atoms with E-state index in [1.54, 1.807) is 0 Å². The molecule has 15 heavy (non-hydrogen) atoms. The van der Waals surface area contributed by atoms with Crippen LogP contribution in [0.5, 0.6) is 5.75 Å². The second-order valence-electron chi connectivity index (χ2n) is 2.94. The number of methoxy groups -OCH3 is 1. The van der Waals surface area contributed by atoms with Crippen molar-refractivity contribution in [3.63, 3.8) is 0 Å². The summed E-state index contributed by atoms with van der Waals surface area (Å²) >= 11 is 0. The zero-order valence-electron chi connectivity index (χ0n) is 8.22. The molecule has 5 heteroatoms. The number of hydrogen-bond acceptors (Lipinski definition) is 3. The molecular formula is C10H11F2NO2. The summed E-state index contributed by atoms with van der Waals surface area (Å²) in [6.07, 6.45) is 0.0915. The number of ketones is 1. The zero-order chi connectivity index (χ0) is 11.4. The molecule has 0 aliphatic rings. The summed E-state index contributed by atoms with van der Waals surface area (Å²) in [6.45, 7) is 0.167. The summed E-state index contributed by atoms with van der Waals surface area (Å²) in [5, 5.41) is 0. The van der Waals surface area contributed by atoms with Gasteiger partial charge in [0, 0.05) is 12.0 Å². The summed E-state index contributed by atoms with van der Waals surface area (Å²) in [7, 11) is 1.20. The van der Waals surface area contributed by atoms with Crippen molar-refractivity contribution < 1.29 is 18.3 Å². The first-order chi connectivity index (χ1) is 7.10. The van der Waals surface area contributed by atoms with Crippen molar-refractivity contribution in [2.24, 2.45) is 5.73 Å². The fraction of sp³-hybridized carbons (Fsp3) is 0.300. The van der Waals surface area contributed by atoms with Crippen molar-refractivity contribution >= 4 is 5.78 Å². The summed E-state index contributed by atoms with van der Waals surface area (Å²) < 4.78 is 30.6. The van der Waals surface area contributed by atoms with Crippen LogP contribution in [0.1, 0.15) is 16.8 Å². The van der Waals surface area contributed by atoms with Crippen molar-refractivity contribution in [2.45, 2.75) is 6.42 Å². The Morgan fingerprint density at radius 3 is 2.67 bits per heavy atom. The first kappa shape index (κ1) is 11.6. The lowest BCUT2D eigenvalue weighted by Gasteiger charge is -2.05. The number of benzene rings is 1. The molecule has 0 unspecified atom stereocenters. The Kier molecular flexibility index (Phi) is 3.74. The minimum Gasteiger partial charge on any atom is -0.494 e. The van der Waals surface area contributed by atoms with Gasteiger partial charge in [0.25, 0.3) is 0 Å². The van der Waals surface area contributed by atoms with Crippen LogP contribution in [0.3, 0.4) is 0 Å². The smallest absolute Gasteiger partial charge is 0.200 e. The van der Waals surface area contributed by atoms with Crippen LogP contribution in [0.4, 0.5) is 8.78 Å². The number of nitrogens with two attached hydrogens (primary N) is 1. The molecule has 0 saturated carbocycles. The second-order valence-corrected chi connectivity index (χ2v) is 2.94. The number of carbonyl (C=O) groups excluding carboxylic acids is 1. The SMILES string of the molecule is COc1cc(C(=O)CCN)cc(F)c1F. The molecular weight excluding hydrogens is 204 g/mol. The molecule has 0 spiro atoms. The zero-order valence-corrected chi connectivity index (χ0v) is 8.22. The largest absolute Gasteiger partial charge is 0.494 e. The molecule has 0 aliphatic heterocycles. The Bertz CT molecular complexity index is 380. The fourth-order valence-corrected chi connectivity index (χ4v) is 1.15. The van der Waals surface area contributed by atoms with Crippen LogP contribution in [0.2, 0.25) is 0 Å². The molecule has 0 radical (unpaired) electrons. The number of ether oxygens (including phenoxy) is 1. The maximum atomic E-state index is 13.0. The van der Waals surface area contributed by atoms with Crippen LogP contribution in [0.15, 0.2) is 12.1 Å². The molecule has 3 nitrogen and oxygen atoms in total. The summed E-state index contributed by atoms with van der Waals surface area (Å²) in [4.78, 5) is 11.4. The summed E-state index contributed by atoms with van der Waals surface area (Å²) in [5.41, 5.74) is 5.25. The number of carbonyl (C=O) groups is 1. The van der Waals surface area contributed by atoms with E-state index in [0.29, 0.717) is 0 Å². The number of halogens is 2. The van der Waals surface area contributed by atoms with Gasteiger partial charge in [0.05, 0.1) is 7.11 Å². The van der Waals surface area contributed by atoms with E-state index in [9.17, 15) is 13.6 Å². The van der Waals surface area contributed by atoms with Gasteiger partial charge in [-0.15, -0.1) is 0 Å². The van der Waals surface area contributed by atoms with E-state index < -0.39 is 11.6 Å². The summed E-state index contributed by atoms with van der Waals surface area (Å²) in [6, 6.07) is 2.01. The molecule has 0 aromatic heterocycles. The first-order valence-corrected chi connectivity index (χ1v) is 4.36. The van der Waals surface area contributed by atoms with Gasteiger partial charge < -0.3 is 10.5 Å². The molecule has 0 aliphatic carbocycles. The number of Topliss-reactive ketones (excluding diaryl/α,β-unsaturated/α-hetero) is 1. The highest BCUT2D eigenvalue weighted by Gasteiger charge is 2.14. The molecule has 0 atom stereocenters. The van der Waals surface area contributed by atoms with Crippen molar-refractivity contribution in [3.8, 4) is 5.75 Å². The predicted molar refractivity (Wildman–Crippen MR) is 50.9 cm³/mol. The van der Waals surface area contributed by atoms with Crippen molar-refractivity contribution in [1.82, 2.24) is 0 Å². The number of hydrogen-bond donors (Lipinski definition) is 1. The normalized spacial score (nSPS) is 10.1. The third kappa shape index (κ3) is 2.50. The van der Waals surface area contributed by atoms with Crippen LogP contribution in [0, 0.1) is 11.6 Å². The minimum atomic E-state index is -1.10. The Morgan fingerprint density at radius 1 is 1.47 bits per heavy atom. The number of rotatable bonds is 4. The second kappa shape index (κ2) is 4.84. The van der Waals surface area contributed by atoms with Gasteiger partial charge in [-0.1, -0.05) is 0 Å². The van der Waals surface area contributed by atoms with Gasteiger partial charge >= 0.3 is 0 Å². The van der Waals surface area contributed by atoms with Gasteiger partial charge in [0.2, 0.25) is 5.82 Å². The Morgan fingerprint density at radius 2 is 2.13 bits per heavy atom. The van der Waals surface area contributed by atoms with Gasteiger partial charge in [-0.25, -0.2) is 4.39 Å². The third-order valence-electron chi connectivity index (χ3n) is 1.91. The monoisotopic (exact) mass is 215 g/mol.